The first-order valence-corrected chi connectivity index (χ1v) is 6.29. The fraction of sp³-hybridized carbons (Fsp3) is 0.286. The van der Waals surface area contributed by atoms with E-state index in [1.165, 1.54) is 0 Å². The number of hydrogen-bond donors (Lipinski definition) is 0. The average molecular weight is 256 g/mol. The Morgan fingerprint density at radius 2 is 1.84 bits per heavy atom. The van der Waals surface area contributed by atoms with Crippen molar-refractivity contribution in [3.05, 3.63) is 52.7 Å². The van der Waals surface area contributed by atoms with Gasteiger partial charge in [-0.1, -0.05) is 12.1 Å². The van der Waals surface area contributed by atoms with Crippen LogP contribution in [0.2, 0.25) is 0 Å². The number of aryl methyl sites for hydroxylation is 4. The minimum atomic E-state index is 0.0309. The van der Waals surface area contributed by atoms with Crippen LogP contribution in [0.5, 0.6) is 0 Å². The van der Waals surface area contributed by atoms with Gasteiger partial charge in [-0.15, -0.1) is 0 Å². The Bertz CT molecular complexity index is 778. The Morgan fingerprint density at radius 3 is 2.53 bits per heavy atom. The summed E-state index contributed by atoms with van der Waals surface area (Å²) in [6, 6.07) is 9.85. The van der Waals surface area contributed by atoms with Gasteiger partial charge < -0.3 is 0 Å². The molecule has 0 bridgehead atoms. The van der Waals surface area contributed by atoms with Gasteiger partial charge in [-0.05, 0) is 18.2 Å². The molecule has 2 heterocycles. The van der Waals surface area contributed by atoms with Gasteiger partial charge in [-0.25, -0.2) is 4.79 Å². The molecule has 0 saturated heterocycles. The number of hydrogen-bond acceptors (Lipinski definition) is 2. The van der Waals surface area contributed by atoms with Crippen molar-refractivity contribution in [3.63, 3.8) is 0 Å². The van der Waals surface area contributed by atoms with Gasteiger partial charge in [-0.3, -0.25) is 13.8 Å². The third-order valence-electron chi connectivity index (χ3n) is 3.57. The molecule has 3 rings (SSSR count). The first kappa shape index (κ1) is 11.8. The van der Waals surface area contributed by atoms with Gasteiger partial charge in [0, 0.05) is 39.0 Å². The third-order valence-corrected chi connectivity index (χ3v) is 3.57. The predicted octanol–water partition coefficient (Wildman–Crippen LogP) is 1.32. The molecular formula is C14H16N4O. The summed E-state index contributed by atoms with van der Waals surface area (Å²) in [4.78, 5) is 12.2. The van der Waals surface area contributed by atoms with Crippen LogP contribution in [0.1, 0.15) is 5.69 Å². The minimum absolute atomic E-state index is 0.0309. The number of benzene rings is 1. The van der Waals surface area contributed by atoms with Gasteiger partial charge >= 0.3 is 5.69 Å². The number of aromatic nitrogens is 4. The molecule has 1 aromatic carbocycles. The van der Waals surface area contributed by atoms with Crippen molar-refractivity contribution in [1.82, 2.24) is 18.9 Å². The van der Waals surface area contributed by atoms with Gasteiger partial charge in [0.25, 0.3) is 0 Å². The lowest BCUT2D eigenvalue weighted by Gasteiger charge is -2.04. The first-order chi connectivity index (χ1) is 9.18. The summed E-state index contributed by atoms with van der Waals surface area (Å²) < 4.78 is 5.36. The third kappa shape index (κ3) is 1.87. The maximum Gasteiger partial charge on any atom is 0.328 e. The summed E-state index contributed by atoms with van der Waals surface area (Å²) in [6.07, 6.45) is 2.58. The Balaban J connectivity index is 1.99. The zero-order chi connectivity index (χ0) is 13.4. The zero-order valence-corrected chi connectivity index (χ0v) is 11.1. The molecular weight excluding hydrogens is 240 g/mol. The normalized spacial score (nSPS) is 11.3. The molecule has 3 aromatic rings. The van der Waals surface area contributed by atoms with Gasteiger partial charge in [-0.2, -0.15) is 5.10 Å². The molecule has 0 saturated carbocycles. The van der Waals surface area contributed by atoms with Crippen molar-refractivity contribution in [3.8, 4) is 0 Å². The fourth-order valence-corrected chi connectivity index (χ4v) is 2.45. The van der Waals surface area contributed by atoms with E-state index in [1.807, 2.05) is 53.7 Å². The van der Waals surface area contributed by atoms with Crippen LogP contribution in [0.25, 0.3) is 11.0 Å². The summed E-state index contributed by atoms with van der Waals surface area (Å²) in [5, 5.41) is 4.14. The van der Waals surface area contributed by atoms with Crippen LogP contribution in [-0.2, 0) is 27.1 Å². The second-order valence-corrected chi connectivity index (χ2v) is 4.68. The number of rotatable bonds is 3. The number of para-hydroxylation sites is 2. The summed E-state index contributed by atoms with van der Waals surface area (Å²) in [5.41, 5.74) is 3.11. The van der Waals surface area contributed by atoms with E-state index >= 15 is 0 Å². The van der Waals surface area contributed by atoms with E-state index in [4.69, 9.17) is 0 Å². The summed E-state index contributed by atoms with van der Waals surface area (Å²) in [7, 11) is 3.73. The molecule has 0 amide bonds. The summed E-state index contributed by atoms with van der Waals surface area (Å²) in [6.45, 7) is 0.666. The second-order valence-electron chi connectivity index (χ2n) is 4.68. The van der Waals surface area contributed by atoms with Crippen LogP contribution in [0.4, 0.5) is 0 Å². The zero-order valence-electron chi connectivity index (χ0n) is 11.1. The lowest BCUT2D eigenvalue weighted by atomic mass is 10.3. The van der Waals surface area contributed by atoms with Crippen molar-refractivity contribution in [1.29, 1.82) is 0 Å². The van der Waals surface area contributed by atoms with Crippen molar-refractivity contribution in [2.75, 3.05) is 0 Å². The maximum absolute atomic E-state index is 12.2. The quantitative estimate of drug-likeness (QED) is 0.709. The highest BCUT2D eigenvalue weighted by Gasteiger charge is 2.10. The van der Waals surface area contributed by atoms with Gasteiger partial charge in [0.1, 0.15) is 0 Å². The molecule has 0 aliphatic heterocycles. The molecule has 0 atom stereocenters. The van der Waals surface area contributed by atoms with Crippen molar-refractivity contribution in [2.45, 2.75) is 13.0 Å². The Labute approximate surface area is 110 Å². The SMILES string of the molecule is Cn1nccc1CCn1c(=O)n(C)c2ccccc21. The highest BCUT2D eigenvalue weighted by atomic mass is 16.1. The molecule has 0 unspecified atom stereocenters. The van der Waals surface area contributed by atoms with Gasteiger partial charge in [0.2, 0.25) is 0 Å². The second kappa shape index (κ2) is 4.42. The van der Waals surface area contributed by atoms with E-state index in [2.05, 4.69) is 5.10 Å². The van der Waals surface area contributed by atoms with Crippen molar-refractivity contribution in [2.24, 2.45) is 14.1 Å². The predicted molar refractivity (Wildman–Crippen MR) is 74.1 cm³/mol. The standard InChI is InChI=1S/C14H16N4O/c1-16-12-5-3-4-6-13(12)18(14(16)19)10-8-11-7-9-15-17(11)2/h3-7,9H,8,10H2,1-2H3. The fourth-order valence-electron chi connectivity index (χ4n) is 2.45. The van der Waals surface area contributed by atoms with Gasteiger partial charge in [0.15, 0.2) is 0 Å². The topological polar surface area (TPSA) is 44.8 Å². The molecule has 5 nitrogen and oxygen atoms in total. The van der Waals surface area contributed by atoms with Crippen LogP contribution in [0.3, 0.4) is 0 Å². The largest absolute Gasteiger partial charge is 0.328 e. The smallest absolute Gasteiger partial charge is 0.295 e. The molecule has 19 heavy (non-hydrogen) atoms. The highest BCUT2D eigenvalue weighted by molar-refractivity contribution is 5.75. The molecule has 5 heteroatoms. The van der Waals surface area contributed by atoms with Gasteiger partial charge in [0.05, 0.1) is 11.0 Å². The van der Waals surface area contributed by atoms with E-state index in [0.29, 0.717) is 6.54 Å². The molecule has 0 fully saturated rings. The van der Waals surface area contributed by atoms with Crippen LogP contribution in [0, 0.1) is 0 Å². The Hall–Kier alpha value is -2.30. The molecule has 98 valence electrons. The van der Waals surface area contributed by atoms with Crippen LogP contribution in [-0.4, -0.2) is 18.9 Å². The monoisotopic (exact) mass is 256 g/mol. The lowest BCUT2D eigenvalue weighted by Crippen LogP contribution is -2.23. The van der Waals surface area contributed by atoms with E-state index in [0.717, 1.165) is 23.1 Å². The first-order valence-electron chi connectivity index (χ1n) is 6.29. The minimum Gasteiger partial charge on any atom is -0.295 e. The van der Waals surface area contributed by atoms with E-state index < -0.39 is 0 Å². The number of imidazole rings is 1. The van der Waals surface area contributed by atoms with Crippen molar-refractivity contribution < 1.29 is 0 Å². The van der Waals surface area contributed by atoms with E-state index in [-0.39, 0.29) is 5.69 Å². The molecule has 2 aromatic heterocycles. The van der Waals surface area contributed by atoms with Crippen molar-refractivity contribution >= 4 is 11.0 Å². The van der Waals surface area contributed by atoms with Crippen LogP contribution < -0.4 is 5.69 Å². The average Bonchev–Trinajstić information content (AvgIpc) is 2.93. The van der Waals surface area contributed by atoms with Crippen LogP contribution in [0.15, 0.2) is 41.3 Å². The molecule has 0 radical (unpaired) electrons. The molecule has 0 aliphatic rings. The molecule has 0 N–H and O–H groups in total. The lowest BCUT2D eigenvalue weighted by molar-refractivity contribution is 0.623. The van der Waals surface area contributed by atoms with E-state index in [9.17, 15) is 4.79 Å². The Kier molecular flexibility index (Phi) is 2.74. The summed E-state index contributed by atoms with van der Waals surface area (Å²) in [5.74, 6) is 0. The molecule has 0 spiro atoms. The van der Waals surface area contributed by atoms with Crippen LogP contribution >= 0.6 is 0 Å². The molecule has 0 aliphatic carbocycles. The van der Waals surface area contributed by atoms with E-state index in [1.54, 1.807) is 10.8 Å². The number of fused-ring (bicyclic) bond motifs is 1. The maximum atomic E-state index is 12.2. The summed E-state index contributed by atoms with van der Waals surface area (Å²) >= 11 is 0. The highest BCUT2D eigenvalue weighted by Crippen LogP contribution is 2.12. The number of nitrogens with zero attached hydrogens (tertiary/aromatic N) is 4. The Morgan fingerprint density at radius 1 is 1.11 bits per heavy atom.